The molecule has 10 heteroatoms. The fourth-order valence-electron chi connectivity index (χ4n) is 5.01. The number of aliphatic hydroxyl groups excluding tert-OH is 1. The number of halogens is 2. The molecule has 1 N–H and O–H groups in total. The molecular weight excluding hydrogens is 547 g/mol. The number of benzene rings is 2. The molecule has 1 atom stereocenters. The Morgan fingerprint density at radius 1 is 1.08 bits per heavy atom. The van der Waals surface area contributed by atoms with E-state index in [0.29, 0.717) is 6.42 Å². The summed E-state index contributed by atoms with van der Waals surface area (Å²) in [6.07, 6.45) is 2.56. The number of ketones is 1. The molecule has 1 unspecified atom stereocenters. The third-order valence-corrected chi connectivity index (χ3v) is 8.30. The molecule has 1 amide bonds. The number of aryl methyl sites for hydroxylation is 1. The largest absolute Gasteiger partial charge is 0.507 e. The highest BCUT2D eigenvalue weighted by Crippen LogP contribution is 2.47. The first-order chi connectivity index (χ1) is 18.3. The Balaban J connectivity index is 1.60. The zero-order chi connectivity index (χ0) is 27.1. The van der Waals surface area contributed by atoms with Gasteiger partial charge in [-0.15, -0.1) is 11.3 Å². The predicted octanol–water partition coefficient (Wildman–Crippen LogP) is 6.23. The Labute approximate surface area is 233 Å². The summed E-state index contributed by atoms with van der Waals surface area (Å²) in [6.45, 7) is 0.277. The second kappa shape index (κ2) is 10.4. The number of likely N-dealkylation sites (tertiary alicyclic amines) is 1. The molecule has 0 aliphatic carbocycles. The molecule has 1 aliphatic rings. The highest BCUT2D eigenvalue weighted by Gasteiger charge is 2.46. The molecule has 0 spiro atoms. The summed E-state index contributed by atoms with van der Waals surface area (Å²) in [5.74, 6) is -1.64. The number of hydrogen-bond acceptors (Lipinski definition) is 6. The number of aliphatic hydroxyl groups is 1. The average Bonchev–Trinajstić information content (AvgIpc) is 3.61. The van der Waals surface area contributed by atoms with E-state index in [1.54, 1.807) is 0 Å². The van der Waals surface area contributed by atoms with Gasteiger partial charge in [0.15, 0.2) is 11.5 Å². The SMILES string of the molecule is COc1c(Cl)cc(/C(O)=C2/C(=O)C(=O)N(CCc3cn(C)c4ccccc34)C2c2cccs2)c(OC)c1Cl. The lowest BCUT2D eigenvalue weighted by Crippen LogP contribution is -2.31. The van der Waals surface area contributed by atoms with Gasteiger partial charge in [-0.3, -0.25) is 9.59 Å². The van der Waals surface area contributed by atoms with Gasteiger partial charge in [0.25, 0.3) is 11.7 Å². The number of carbonyl (C=O) groups is 2. The van der Waals surface area contributed by atoms with Crippen molar-refractivity contribution in [2.24, 2.45) is 7.05 Å². The van der Waals surface area contributed by atoms with Crippen molar-refractivity contribution in [2.75, 3.05) is 20.8 Å². The van der Waals surface area contributed by atoms with Gasteiger partial charge in [-0.1, -0.05) is 47.5 Å². The second-order valence-corrected chi connectivity index (χ2v) is 10.6. The van der Waals surface area contributed by atoms with E-state index in [2.05, 4.69) is 0 Å². The molecule has 4 aromatic rings. The van der Waals surface area contributed by atoms with Crippen LogP contribution in [0.4, 0.5) is 0 Å². The number of carbonyl (C=O) groups excluding carboxylic acids is 2. The van der Waals surface area contributed by atoms with Crippen LogP contribution in [-0.4, -0.2) is 47.0 Å². The second-order valence-electron chi connectivity index (χ2n) is 8.83. The summed E-state index contributed by atoms with van der Waals surface area (Å²) in [7, 11) is 4.76. The summed E-state index contributed by atoms with van der Waals surface area (Å²) < 4.78 is 12.7. The number of rotatable bonds is 7. The summed E-state index contributed by atoms with van der Waals surface area (Å²) in [5.41, 5.74) is 2.19. The van der Waals surface area contributed by atoms with Gasteiger partial charge >= 0.3 is 0 Å². The van der Waals surface area contributed by atoms with Gasteiger partial charge in [-0.25, -0.2) is 0 Å². The van der Waals surface area contributed by atoms with E-state index in [1.807, 2.05) is 59.6 Å². The first-order valence-corrected chi connectivity index (χ1v) is 13.4. The lowest BCUT2D eigenvalue weighted by atomic mass is 9.99. The minimum Gasteiger partial charge on any atom is -0.507 e. The number of nitrogens with zero attached hydrogens (tertiary/aromatic N) is 2. The van der Waals surface area contributed by atoms with E-state index in [4.69, 9.17) is 32.7 Å². The summed E-state index contributed by atoms with van der Waals surface area (Å²) in [5, 5.41) is 14.6. The van der Waals surface area contributed by atoms with Gasteiger partial charge in [0.2, 0.25) is 0 Å². The Morgan fingerprint density at radius 2 is 1.82 bits per heavy atom. The van der Waals surface area contributed by atoms with Crippen LogP contribution in [0.5, 0.6) is 11.5 Å². The molecule has 1 saturated heterocycles. The number of methoxy groups -OCH3 is 2. The number of thiophene rings is 1. The summed E-state index contributed by atoms with van der Waals surface area (Å²) >= 11 is 14.2. The van der Waals surface area contributed by atoms with E-state index in [-0.39, 0.29) is 39.2 Å². The minimum atomic E-state index is -0.788. The molecule has 0 bridgehead atoms. The number of para-hydroxylation sites is 1. The molecule has 2 aromatic carbocycles. The van der Waals surface area contributed by atoms with Crippen molar-refractivity contribution in [2.45, 2.75) is 12.5 Å². The lowest BCUT2D eigenvalue weighted by Gasteiger charge is -2.24. The topological polar surface area (TPSA) is 81.0 Å². The van der Waals surface area contributed by atoms with E-state index in [9.17, 15) is 14.7 Å². The maximum atomic E-state index is 13.4. The standard InChI is InChI=1S/C28H24Cl2N2O5S/c1-31-14-15(16-7-4-5-8-19(16)31)10-11-32-23(20-9-6-12-38-20)21(25(34)28(32)35)24(33)17-13-18(29)27(37-3)22(30)26(17)36-2/h4-9,12-14,23,33H,10-11H2,1-3H3/b24-21-. The van der Waals surface area contributed by atoms with E-state index < -0.39 is 23.5 Å². The third kappa shape index (κ3) is 4.22. The van der Waals surface area contributed by atoms with Crippen molar-refractivity contribution >= 4 is 62.9 Å². The zero-order valence-electron chi connectivity index (χ0n) is 20.8. The molecule has 196 valence electrons. The fourth-order valence-corrected chi connectivity index (χ4v) is 6.54. The maximum Gasteiger partial charge on any atom is 0.295 e. The number of fused-ring (bicyclic) bond motifs is 1. The van der Waals surface area contributed by atoms with Crippen LogP contribution in [0.15, 0.2) is 59.6 Å². The normalized spacial score (nSPS) is 17.0. The number of aromatic nitrogens is 1. The Morgan fingerprint density at radius 3 is 2.50 bits per heavy atom. The van der Waals surface area contributed by atoms with Crippen LogP contribution >= 0.6 is 34.5 Å². The molecule has 0 saturated carbocycles. The molecule has 1 fully saturated rings. The van der Waals surface area contributed by atoms with Gasteiger partial charge in [-0.2, -0.15) is 0 Å². The highest BCUT2D eigenvalue weighted by molar-refractivity contribution is 7.10. The first-order valence-electron chi connectivity index (χ1n) is 11.7. The molecule has 3 heterocycles. The van der Waals surface area contributed by atoms with Gasteiger partial charge in [0, 0.05) is 35.6 Å². The Hall–Kier alpha value is -3.46. The fraction of sp³-hybridized carbons (Fsp3) is 0.214. The first kappa shape index (κ1) is 26.2. The number of ether oxygens (including phenoxy) is 2. The number of amides is 1. The zero-order valence-corrected chi connectivity index (χ0v) is 23.2. The van der Waals surface area contributed by atoms with E-state index in [0.717, 1.165) is 21.3 Å². The van der Waals surface area contributed by atoms with Crippen LogP contribution in [0.3, 0.4) is 0 Å². The number of Topliss-reactive ketones (excluding diaryl/α,β-unsaturated/α-hetero) is 1. The molecule has 38 heavy (non-hydrogen) atoms. The molecule has 1 aliphatic heterocycles. The van der Waals surface area contributed by atoms with Crippen LogP contribution < -0.4 is 9.47 Å². The highest BCUT2D eigenvalue weighted by atomic mass is 35.5. The van der Waals surface area contributed by atoms with Crippen LogP contribution in [0.1, 0.15) is 22.0 Å². The van der Waals surface area contributed by atoms with E-state index >= 15 is 0 Å². The van der Waals surface area contributed by atoms with Crippen molar-refractivity contribution in [1.29, 1.82) is 0 Å². The van der Waals surface area contributed by atoms with Crippen molar-refractivity contribution in [1.82, 2.24) is 9.47 Å². The Bertz CT molecular complexity index is 1590. The maximum absolute atomic E-state index is 13.4. The predicted molar refractivity (Wildman–Crippen MR) is 150 cm³/mol. The molecule has 7 nitrogen and oxygen atoms in total. The monoisotopic (exact) mass is 570 g/mol. The summed E-state index contributed by atoms with van der Waals surface area (Å²) in [4.78, 5) is 29.0. The Kier molecular flexibility index (Phi) is 7.13. The molecule has 2 aromatic heterocycles. The van der Waals surface area contributed by atoms with Crippen molar-refractivity contribution in [3.8, 4) is 11.5 Å². The van der Waals surface area contributed by atoms with Crippen molar-refractivity contribution < 1.29 is 24.2 Å². The van der Waals surface area contributed by atoms with Crippen molar-refractivity contribution in [3.05, 3.63) is 85.7 Å². The summed E-state index contributed by atoms with van der Waals surface area (Å²) in [6, 6.07) is 12.3. The molecule has 5 rings (SSSR count). The van der Waals surface area contributed by atoms with Gasteiger partial charge in [-0.05, 0) is 35.6 Å². The molecule has 0 radical (unpaired) electrons. The third-order valence-electron chi connectivity index (χ3n) is 6.75. The number of hydrogen-bond donors (Lipinski definition) is 1. The van der Waals surface area contributed by atoms with Crippen LogP contribution in [0, 0.1) is 0 Å². The van der Waals surface area contributed by atoms with Gasteiger partial charge in [0.1, 0.15) is 10.8 Å². The molecular formula is C28H24Cl2N2O5S. The quantitative estimate of drug-likeness (QED) is 0.162. The average molecular weight is 571 g/mol. The van der Waals surface area contributed by atoms with Crippen LogP contribution in [0.25, 0.3) is 16.7 Å². The van der Waals surface area contributed by atoms with Gasteiger partial charge in [0.05, 0.1) is 36.4 Å². The lowest BCUT2D eigenvalue weighted by molar-refractivity contribution is -0.139. The minimum absolute atomic E-state index is 0.0434. The van der Waals surface area contributed by atoms with Crippen molar-refractivity contribution in [3.63, 3.8) is 0 Å². The smallest absolute Gasteiger partial charge is 0.295 e. The van der Waals surface area contributed by atoms with Crippen LogP contribution in [-0.2, 0) is 23.1 Å². The van der Waals surface area contributed by atoms with Crippen LogP contribution in [0.2, 0.25) is 10.0 Å². The van der Waals surface area contributed by atoms with E-state index in [1.165, 1.54) is 36.5 Å². The van der Waals surface area contributed by atoms with Gasteiger partial charge < -0.3 is 24.0 Å².